The molecular weight excluding hydrogens is 190 g/mol. The average Bonchev–Trinajstić information content (AvgIpc) is 2.53. The molecule has 0 bridgehead atoms. The van der Waals surface area contributed by atoms with Gasteiger partial charge in [-0.3, -0.25) is 0 Å². The highest BCUT2D eigenvalue weighted by Gasteiger charge is 2.18. The van der Waals surface area contributed by atoms with Gasteiger partial charge in [-0.05, 0) is 19.3 Å². The zero-order valence-corrected chi connectivity index (χ0v) is 9.58. The lowest BCUT2D eigenvalue weighted by Crippen LogP contribution is -2.46. The Hall–Kier alpha value is -0.770. The first-order chi connectivity index (χ1) is 7.27. The minimum absolute atomic E-state index is 0.0260. The van der Waals surface area contributed by atoms with Crippen molar-refractivity contribution in [3.63, 3.8) is 0 Å². The third-order valence-corrected chi connectivity index (χ3v) is 3.17. The van der Waals surface area contributed by atoms with Gasteiger partial charge in [0.1, 0.15) is 0 Å². The van der Waals surface area contributed by atoms with Crippen LogP contribution in [-0.4, -0.2) is 23.1 Å². The molecule has 0 aliphatic heterocycles. The third kappa shape index (κ3) is 4.08. The van der Waals surface area contributed by atoms with Crippen molar-refractivity contribution in [2.45, 2.75) is 64.0 Å². The van der Waals surface area contributed by atoms with Crippen molar-refractivity contribution in [2.75, 3.05) is 0 Å². The molecule has 0 heterocycles. The van der Waals surface area contributed by atoms with Gasteiger partial charge in [-0.2, -0.15) is 0 Å². The maximum absolute atomic E-state index is 8.64. The van der Waals surface area contributed by atoms with Crippen LogP contribution in [0.3, 0.4) is 0 Å². The summed E-state index contributed by atoms with van der Waals surface area (Å²) in [7, 11) is 0. The van der Waals surface area contributed by atoms with E-state index in [-0.39, 0.29) is 6.04 Å². The summed E-state index contributed by atoms with van der Waals surface area (Å²) < 4.78 is 0. The molecule has 88 valence electrons. The Kier molecular flexibility index (Phi) is 5.47. The van der Waals surface area contributed by atoms with Gasteiger partial charge < -0.3 is 16.3 Å². The number of amidine groups is 1. The van der Waals surface area contributed by atoms with Crippen molar-refractivity contribution < 1.29 is 5.21 Å². The van der Waals surface area contributed by atoms with Gasteiger partial charge in [0.25, 0.3) is 0 Å². The van der Waals surface area contributed by atoms with Crippen molar-refractivity contribution >= 4 is 5.84 Å². The molecule has 4 N–H and O–H groups in total. The van der Waals surface area contributed by atoms with Crippen LogP contribution >= 0.6 is 0 Å². The van der Waals surface area contributed by atoms with Gasteiger partial charge in [0.15, 0.2) is 5.84 Å². The Morgan fingerprint density at radius 2 is 2.00 bits per heavy atom. The van der Waals surface area contributed by atoms with Crippen molar-refractivity contribution in [1.82, 2.24) is 5.32 Å². The average molecular weight is 213 g/mol. The summed E-state index contributed by atoms with van der Waals surface area (Å²) in [6.07, 6.45) is 8.59. The first kappa shape index (κ1) is 12.3. The Bertz CT molecular complexity index is 198. The first-order valence-corrected chi connectivity index (χ1v) is 6.01. The van der Waals surface area contributed by atoms with Crippen molar-refractivity contribution in [2.24, 2.45) is 10.9 Å². The van der Waals surface area contributed by atoms with Gasteiger partial charge in [0.2, 0.25) is 0 Å². The smallest absolute Gasteiger partial charge is 0.156 e. The van der Waals surface area contributed by atoms with Gasteiger partial charge in [-0.15, -0.1) is 0 Å². The Morgan fingerprint density at radius 1 is 1.40 bits per heavy atom. The number of hydrogen-bond acceptors (Lipinski definition) is 3. The quantitative estimate of drug-likeness (QED) is 0.219. The monoisotopic (exact) mass is 213 g/mol. The molecule has 4 nitrogen and oxygen atoms in total. The fraction of sp³-hybridized carbons (Fsp3) is 0.909. The highest BCUT2D eigenvalue weighted by atomic mass is 16.4. The van der Waals surface area contributed by atoms with Crippen LogP contribution in [0.4, 0.5) is 0 Å². The van der Waals surface area contributed by atoms with E-state index < -0.39 is 0 Å². The molecular formula is C11H23N3O. The molecule has 0 aromatic rings. The molecule has 1 aliphatic rings. The van der Waals surface area contributed by atoms with Crippen molar-refractivity contribution in [1.29, 1.82) is 0 Å². The van der Waals surface area contributed by atoms with E-state index >= 15 is 0 Å². The lowest BCUT2D eigenvalue weighted by Gasteiger charge is -2.22. The van der Waals surface area contributed by atoms with Gasteiger partial charge in [0, 0.05) is 6.04 Å². The molecule has 1 rings (SSSR count). The van der Waals surface area contributed by atoms with Crippen LogP contribution in [0.2, 0.25) is 0 Å². The summed E-state index contributed by atoms with van der Waals surface area (Å²) >= 11 is 0. The zero-order valence-electron chi connectivity index (χ0n) is 9.58. The van der Waals surface area contributed by atoms with Crippen molar-refractivity contribution in [3.8, 4) is 0 Å². The summed E-state index contributed by atoms with van der Waals surface area (Å²) in [5.74, 6) is 0.307. The van der Waals surface area contributed by atoms with Crippen LogP contribution in [0.15, 0.2) is 5.16 Å². The second-order valence-corrected chi connectivity index (χ2v) is 4.34. The molecule has 0 radical (unpaired) electrons. The van der Waals surface area contributed by atoms with Crippen LogP contribution in [0.25, 0.3) is 0 Å². The molecule has 1 fully saturated rings. The second-order valence-electron chi connectivity index (χ2n) is 4.34. The molecule has 0 aromatic carbocycles. The minimum Gasteiger partial charge on any atom is -0.409 e. The maximum atomic E-state index is 8.64. The summed E-state index contributed by atoms with van der Waals surface area (Å²) in [6.45, 7) is 2.05. The van der Waals surface area contributed by atoms with E-state index in [1.165, 1.54) is 38.5 Å². The largest absolute Gasteiger partial charge is 0.409 e. The molecule has 1 saturated carbocycles. The molecule has 0 spiro atoms. The van der Waals surface area contributed by atoms with E-state index in [4.69, 9.17) is 10.9 Å². The Morgan fingerprint density at radius 3 is 2.47 bits per heavy atom. The van der Waals surface area contributed by atoms with Gasteiger partial charge >= 0.3 is 0 Å². The fourth-order valence-electron chi connectivity index (χ4n) is 2.21. The fourth-order valence-corrected chi connectivity index (χ4v) is 2.21. The highest BCUT2D eigenvalue weighted by molar-refractivity contribution is 5.85. The molecule has 0 saturated heterocycles. The summed E-state index contributed by atoms with van der Waals surface area (Å²) in [5.41, 5.74) is 5.62. The minimum atomic E-state index is 0.0260. The highest BCUT2D eigenvalue weighted by Crippen LogP contribution is 2.17. The molecule has 0 amide bonds. The number of hydrogen-bond donors (Lipinski definition) is 3. The molecule has 15 heavy (non-hydrogen) atoms. The molecule has 1 aliphatic carbocycles. The van der Waals surface area contributed by atoms with Crippen molar-refractivity contribution in [3.05, 3.63) is 0 Å². The topological polar surface area (TPSA) is 70.6 Å². The normalized spacial score (nSPS) is 22.3. The molecule has 1 unspecified atom stereocenters. The number of nitrogens with one attached hydrogen (secondary N) is 1. The number of nitrogens with zero attached hydrogens (tertiary/aromatic N) is 1. The third-order valence-electron chi connectivity index (χ3n) is 3.17. The zero-order chi connectivity index (χ0) is 11.1. The standard InChI is InChI=1S/C11H23N3O/c1-2-10(11(12)14-15)13-9-7-5-3-4-6-8-9/h9-10,13,15H,2-8H2,1H3,(H2,12,14). The number of rotatable bonds is 4. The van der Waals surface area contributed by atoms with Crippen LogP contribution in [-0.2, 0) is 0 Å². The van der Waals surface area contributed by atoms with Gasteiger partial charge in [-0.25, -0.2) is 0 Å². The molecule has 1 atom stereocenters. The lowest BCUT2D eigenvalue weighted by molar-refractivity contribution is 0.312. The van der Waals surface area contributed by atoms with E-state index in [0.29, 0.717) is 11.9 Å². The molecule has 0 aromatic heterocycles. The lowest BCUT2D eigenvalue weighted by atomic mass is 10.1. The van der Waals surface area contributed by atoms with E-state index in [1.54, 1.807) is 0 Å². The van der Waals surface area contributed by atoms with Gasteiger partial charge in [0.05, 0.1) is 6.04 Å². The predicted octanol–water partition coefficient (Wildman–Crippen LogP) is 1.82. The summed E-state index contributed by atoms with van der Waals surface area (Å²) in [5, 5.41) is 15.2. The maximum Gasteiger partial charge on any atom is 0.156 e. The Balaban J connectivity index is 2.42. The molecule has 4 heteroatoms. The number of oxime groups is 1. The Labute approximate surface area is 91.9 Å². The van der Waals surface area contributed by atoms with E-state index in [0.717, 1.165) is 6.42 Å². The summed E-state index contributed by atoms with van der Waals surface area (Å²) in [6, 6.07) is 0.566. The summed E-state index contributed by atoms with van der Waals surface area (Å²) in [4.78, 5) is 0. The van der Waals surface area contributed by atoms with E-state index in [2.05, 4.69) is 10.5 Å². The SMILES string of the molecule is CCC(NC1CCCCCC1)C(N)=NO. The second kappa shape index (κ2) is 6.67. The van der Waals surface area contributed by atoms with Gasteiger partial charge in [-0.1, -0.05) is 37.8 Å². The van der Waals surface area contributed by atoms with E-state index in [1.807, 2.05) is 6.92 Å². The first-order valence-electron chi connectivity index (χ1n) is 6.01. The van der Waals surface area contributed by atoms with Crippen LogP contribution < -0.4 is 11.1 Å². The van der Waals surface area contributed by atoms with E-state index in [9.17, 15) is 0 Å². The van der Waals surface area contributed by atoms with Crippen LogP contribution in [0, 0.1) is 0 Å². The number of nitrogens with two attached hydrogens (primary N) is 1. The predicted molar refractivity (Wildman–Crippen MR) is 62.1 cm³/mol. The van der Waals surface area contributed by atoms with Crippen LogP contribution in [0.1, 0.15) is 51.9 Å². The van der Waals surface area contributed by atoms with Crippen LogP contribution in [0.5, 0.6) is 0 Å².